The number of phenolic OH excluding ortho intramolecular Hbond substituents is 2. The number of aromatic hydroxyl groups is 2. The lowest BCUT2D eigenvalue weighted by Crippen LogP contribution is -2.00. The standard InChI is InChI=1S/C22H19BO2/c1-2-13-3-7-17-14(11-13)4-9-19(24)21(17)22-18-8-6-16(23)12-15(18)5-10-20(22)25/h3-12,24-25H,2,23H2,1H3. The van der Waals surface area contributed by atoms with Crippen molar-refractivity contribution in [1.29, 1.82) is 0 Å². The number of phenols is 2. The van der Waals surface area contributed by atoms with Gasteiger partial charge in [-0.05, 0) is 45.7 Å². The van der Waals surface area contributed by atoms with E-state index in [0.717, 1.165) is 28.0 Å². The van der Waals surface area contributed by atoms with Crippen LogP contribution in [0.25, 0.3) is 32.7 Å². The first kappa shape index (κ1) is 15.6. The number of benzene rings is 4. The number of hydrogen-bond donors (Lipinski definition) is 2. The average Bonchev–Trinajstić information content (AvgIpc) is 2.62. The Bertz CT molecular complexity index is 1120. The van der Waals surface area contributed by atoms with E-state index in [2.05, 4.69) is 25.1 Å². The molecule has 4 rings (SSSR count). The third-order valence-electron chi connectivity index (χ3n) is 4.87. The Morgan fingerprint density at radius 1 is 0.720 bits per heavy atom. The topological polar surface area (TPSA) is 40.5 Å². The van der Waals surface area contributed by atoms with Crippen molar-refractivity contribution in [2.24, 2.45) is 0 Å². The molecular weight excluding hydrogens is 307 g/mol. The molecule has 122 valence electrons. The fraction of sp³-hybridized carbons (Fsp3) is 0.0909. The van der Waals surface area contributed by atoms with Gasteiger partial charge in [0, 0.05) is 11.1 Å². The van der Waals surface area contributed by atoms with Crippen LogP contribution in [0.1, 0.15) is 12.5 Å². The third kappa shape index (κ3) is 2.53. The Morgan fingerprint density at radius 2 is 1.28 bits per heavy atom. The summed E-state index contributed by atoms with van der Waals surface area (Å²) < 4.78 is 0. The molecule has 0 aromatic heterocycles. The maximum absolute atomic E-state index is 10.6. The Balaban J connectivity index is 2.13. The summed E-state index contributed by atoms with van der Waals surface area (Å²) in [4.78, 5) is 0. The molecule has 0 radical (unpaired) electrons. The molecule has 4 aromatic carbocycles. The molecule has 2 nitrogen and oxygen atoms in total. The van der Waals surface area contributed by atoms with Crippen LogP contribution in [0.15, 0.2) is 60.7 Å². The van der Waals surface area contributed by atoms with E-state index in [-0.39, 0.29) is 11.5 Å². The molecule has 0 saturated heterocycles. The number of aryl methyl sites for hydroxylation is 1. The first-order valence-electron chi connectivity index (χ1n) is 8.56. The minimum atomic E-state index is 0.179. The van der Waals surface area contributed by atoms with Gasteiger partial charge in [0.15, 0.2) is 0 Å². The monoisotopic (exact) mass is 326 g/mol. The summed E-state index contributed by atoms with van der Waals surface area (Å²) in [6.45, 7) is 2.13. The normalized spacial score (nSPS) is 11.2. The Labute approximate surface area is 147 Å². The second kappa shape index (κ2) is 5.85. The van der Waals surface area contributed by atoms with E-state index in [4.69, 9.17) is 0 Å². The molecule has 0 aliphatic carbocycles. The molecule has 0 aliphatic heterocycles. The molecule has 0 amide bonds. The van der Waals surface area contributed by atoms with Gasteiger partial charge in [0.2, 0.25) is 0 Å². The molecule has 0 saturated carbocycles. The van der Waals surface area contributed by atoms with Gasteiger partial charge in [-0.25, -0.2) is 0 Å². The summed E-state index contributed by atoms with van der Waals surface area (Å²) in [5.74, 6) is 0.360. The van der Waals surface area contributed by atoms with E-state index in [9.17, 15) is 10.2 Å². The van der Waals surface area contributed by atoms with Crippen molar-refractivity contribution in [2.75, 3.05) is 0 Å². The van der Waals surface area contributed by atoms with Gasteiger partial charge in [0.1, 0.15) is 19.3 Å². The van der Waals surface area contributed by atoms with E-state index in [1.807, 2.05) is 38.2 Å². The molecule has 0 fully saturated rings. The maximum atomic E-state index is 10.6. The number of hydrogen-bond acceptors (Lipinski definition) is 2. The molecule has 4 aromatic rings. The average molecular weight is 326 g/mol. The van der Waals surface area contributed by atoms with Gasteiger partial charge in [0.05, 0.1) is 0 Å². The SMILES string of the molecule is Bc1ccc2c(-c3c(O)ccc4cc(CC)ccc34)c(O)ccc2c1. The van der Waals surface area contributed by atoms with E-state index >= 15 is 0 Å². The quantitative estimate of drug-likeness (QED) is 0.549. The fourth-order valence-corrected chi connectivity index (χ4v) is 3.55. The molecule has 0 atom stereocenters. The smallest absolute Gasteiger partial charge is 0.139 e. The Kier molecular flexibility index (Phi) is 3.65. The van der Waals surface area contributed by atoms with Gasteiger partial charge in [-0.15, -0.1) is 0 Å². The largest absolute Gasteiger partial charge is 0.507 e. The summed E-state index contributed by atoms with van der Waals surface area (Å²) in [5, 5.41) is 25.2. The highest BCUT2D eigenvalue weighted by molar-refractivity contribution is 6.33. The lowest BCUT2D eigenvalue weighted by atomic mass is 9.88. The van der Waals surface area contributed by atoms with Gasteiger partial charge >= 0.3 is 0 Å². The zero-order valence-electron chi connectivity index (χ0n) is 14.4. The first-order chi connectivity index (χ1) is 12.1. The molecule has 3 heteroatoms. The first-order valence-corrected chi connectivity index (χ1v) is 8.56. The van der Waals surface area contributed by atoms with Crippen LogP contribution in [0.5, 0.6) is 11.5 Å². The predicted molar refractivity (Wildman–Crippen MR) is 108 cm³/mol. The Morgan fingerprint density at radius 3 is 1.88 bits per heavy atom. The van der Waals surface area contributed by atoms with Crippen molar-refractivity contribution in [3.8, 4) is 22.6 Å². The molecular formula is C22H19BO2. The highest BCUT2D eigenvalue weighted by Crippen LogP contribution is 2.44. The molecule has 25 heavy (non-hydrogen) atoms. The molecule has 0 heterocycles. The predicted octanol–water partition coefficient (Wildman–Crippen LogP) is 3.89. The number of rotatable bonds is 2. The van der Waals surface area contributed by atoms with Crippen LogP contribution in [0.2, 0.25) is 0 Å². The highest BCUT2D eigenvalue weighted by Gasteiger charge is 2.16. The van der Waals surface area contributed by atoms with Gasteiger partial charge in [-0.1, -0.05) is 60.9 Å². The van der Waals surface area contributed by atoms with Crippen LogP contribution in [0.4, 0.5) is 0 Å². The minimum absolute atomic E-state index is 0.179. The lowest BCUT2D eigenvalue weighted by molar-refractivity contribution is 0.470. The summed E-state index contributed by atoms with van der Waals surface area (Å²) in [6, 6.07) is 19.7. The van der Waals surface area contributed by atoms with Crippen LogP contribution in [0, 0.1) is 0 Å². The van der Waals surface area contributed by atoms with Crippen molar-refractivity contribution in [3.63, 3.8) is 0 Å². The third-order valence-corrected chi connectivity index (χ3v) is 4.87. The number of fused-ring (bicyclic) bond motifs is 2. The van der Waals surface area contributed by atoms with Crippen LogP contribution in [-0.4, -0.2) is 18.1 Å². The second-order valence-corrected chi connectivity index (χ2v) is 6.55. The molecule has 0 unspecified atom stereocenters. The van der Waals surface area contributed by atoms with Crippen LogP contribution in [-0.2, 0) is 6.42 Å². The minimum Gasteiger partial charge on any atom is -0.507 e. The van der Waals surface area contributed by atoms with Gasteiger partial charge in [-0.3, -0.25) is 0 Å². The zero-order chi connectivity index (χ0) is 17.6. The van der Waals surface area contributed by atoms with Gasteiger partial charge < -0.3 is 10.2 Å². The van der Waals surface area contributed by atoms with Crippen LogP contribution in [0.3, 0.4) is 0 Å². The summed E-state index contributed by atoms with van der Waals surface area (Å²) in [6.07, 6.45) is 0.963. The van der Waals surface area contributed by atoms with E-state index in [1.54, 1.807) is 12.1 Å². The molecule has 2 N–H and O–H groups in total. The van der Waals surface area contributed by atoms with Crippen molar-refractivity contribution < 1.29 is 10.2 Å². The fourth-order valence-electron chi connectivity index (χ4n) is 3.55. The van der Waals surface area contributed by atoms with Crippen molar-refractivity contribution >= 4 is 34.9 Å². The second-order valence-electron chi connectivity index (χ2n) is 6.55. The summed E-state index contributed by atoms with van der Waals surface area (Å²) >= 11 is 0. The maximum Gasteiger partial charge on any atom is 0.139 e. The molecule has 0 spiro atoms. The molecule has 0 aliphatic rings. The Hall–Kier alpha value is -2.94. The van der Waals surface area contributed by atoms with Gasteiger partial charge in [0.25, 0.3) is 0 Å². The van der Waals surface area contributed by atoms with Crippen molar-refractivity contribution in [1.82, 2.24) is 0 Å². The van der Waals surface area contributed by atoms with E-state index in [1.165, 1.54) is 11.0 Å². The van der Waals surface area contributed by atoms with Crippen molar-refractivity contribution in [2.45, 2.75) is 13.3 Å². The van der Waals surface area contributed by atoms with Crippen LogP contribution >= 0.6 is 0 Å². The lowest BCUT2D eigenvalue weighted by Gasteiger charge is -2.15. The highest BCUT2D eigenvalue weighted by atomic mass is 16.3. The molecule has 0 bridgehead atoms. The summed E-state index contributed by atoms with van der Waals surface area (Å²) in [5.41, 5.74) is 3.79. The van der Waals surface area contributed by atoms with Crippen LogP contribution < -0.4 is 5.46 Å². The van der Waals surface area contributed by atoms with E-state index < -0.39 is 0 Å². The zero-order valence-corrected chi connectivity index (χ0v) is 14.4. The van der Waals surface area contributed by atoms with Crippen molar-refractivity contribution in [3.05, 3.63) is 66.2 Å². The van der Waals surface area contributed by atoms with Gasteiger partial charge in [-0.2, -0.15) is 0 Å². The summed E-state index contributed by atoms with van der Waals surface area (Å²) in [7, 11) is 2.05. The van der Waals surface area contributed by atoms with E-state index in [0.29, 0.717) is 11.1 Å².